The number of carbonyl (C=O) groups is 1. The molecule has 1 aliphatic carbocycles. The Morgan fingerprint density at radius 1 is 1.07 bits per heavy atom. The lowest BCUT2D eigenvalue weighted by molar-refractivity contribution is -0.116. The third-order valence-electron chi connectivity index (χ3n) is 6.26. The lowest BCUT2D eigenvalue weighted by Gasteiger charge is -2.38. The smallest absolute Gasteiger partial charge is 0.238 e. The van der Waals surface area contributed by atoms with Gasteiger partial charge in [0, 0.05) is 23.6 Å². The van der Waals surface area contributed by atoms with E-state index in [9.17, 15) is 4.79 Å². The van der Waals surface area contributed by atoms with Crippen LogP contribution in [0.2, 0.25) is 0 Å². The molecule has 0 radical (unpaired) electrons. The summed E-state index contributed by atoms with van der Waals surface area (Å²) in [4.78, 5) is 18.8. The maximum Gasteiger partial charge on any atom is 0.238 e. The number of ether oxygens (including phenoxy) is 1. The van der Waals surface area contributed by atoms with Gasteiger partial charge in [-0.05, 0) is 36.5 Å². The van der Waals surface area contributed by atoms with Crippen LogP contribution in [-0.4, -0.2) is 24.0 Å². The standard InChI is InChI=1S/C25H25N3O2/c1-17(29)28-14-15-30-24-22(28)16-21(18-6-3-2-4-7-18)23(27-24)19-8-10-20(11-9-19)25(26)12-5-13-25/h2-4,6-11,16H,5,12-15,26H2,1H3. The third kappa shape index (κ3) is 3.15. The van der Waals surface area contributed by atoms with Crippen molar-refractivity contribution >= 4 is 11.6 Å². The number of nitrogens with zero attached hydrogens (tertiary/aromatic N) is 2. The Morgan fingerprint density at radius 3 is 2.43 bits per heavy atom. The van der Waals surface area contributed by atoms with E-state index in [4.69, 9.17) is 15.5 Å². The lowest BCUT2D eigenvalue weighted by Crippen LogP contribution is -2.43. The zero-order valence-electron chi connectivity index (χ0n) is 17.1. The summed E-state index contributed by atoms with van der Waals surface area (Å²) < 4.78 is 5.84. The van der Waals surface area contributed by atoms with Gasteiger partial charge in [-0.2, -0.15) is 0 Å². The molecule has 152 valence electrons. The summed E-state index contributed by atoms with van der Waals surface area (Å²) in [5, 5.41) is 0. The highest BCUT2D eigenvalue weighted by Crippen LogP contribution is 2.42. The van der Waals surface area contributed by atoms with E-state index in [1.165, 1.54) is 12.0 Å². The van der Waals surface area contributed by atoms with E-state index in [1.54, 1.807) is 11.8 Å². The molecule has 1 aromatic heterocycles. The summed E-state index contributed by atoms with van der Waals surface area (Å²) >= 11 is 0. The monoisotopic (exact) mass is 399 g/mol. The molecule has 2 aliphatic rings. The molecule has 1 fully saturated rings. The minimum Gasteiger partial charge on any atom is -0.474 e. The van der Waals surface area contributed by atoms with Crippen molar-refractivity contribution < 1.29 is 9.53 Å². The maximum atomic E-state index is 12.2. The molecule has 0 atom stereocenters. The Bertz CT molecular complexity index is 1090. The molecule has 0 spiro atoms. The van der Waals surface area contributed by atoms with Gasteiger partial charge in [0.2, 0.25) is 11.8 Å². The molecule has 0 bridgehead atoms. The van der Waals surface area contributed by atoms with Crippen LogP contribution in [0.3, 0.4) is 0 Å². The van der Waals surface area contributed by atoms with E-state index in [-0.39, 0.29) is 11.4 Å². The fraction of sp³-hybridized carbons (Fsp3) is 0.280. The van der Waals surface area contributed by atoms with Crippen LogP contribution in [0, 0.1) is 0 Å². The van der Waals surface area contributed by atoms with Crippen molar-refractivity contribution in [3.8, 4) is 28.3 Å². The van der Waals surface area contributed by atoms with Gasteiger partial charge in [0.25, 0.3) is 0 Å². The first-order chi connectivity index (χ1) is 14.5. The maximum absolute atomic E-state index is 12.2. The summed E-state index contributed by atoms with van der Waals surface area (Å²) in [5.41, 5.74) is 12.1. The van der Waals surface area contributed by atoms with Crippen LogP contribution in [0.15, 0.2) is 60.7 Å². The third-order valence-corrected chi connectivity index (χ3v) is 6.26. The van der Waals surface area contributed by atoms with Gasteiger partial charge >= 0.3 is 0 Å². The van der Waals surface area contributed by atoms with Crippen molar-refractivity contribution in [2.75, 3.05) is 18.1 Å². The van der Waals surface area contributed by atoms with Crippen LogP contribution < -0.4 is 15.4 Å². The number of carbonyl (C=O) groups excluding carboxylic acids is 1. The fourth-order valence-electron chi connectivity index (χ4n) is 4.33. The van der Waals surface area contributed by atoms with Gasteiger partial charge in [0.15, 0.2) is 0 Å². The van der Waals surface area contributed by atoms with Gasteiger partial charge in [-0.3, -0.25) is 4.79 Å². The molecule has 30 heavy (non-hydrogen) atoms. The number of hydrogen-bond donors (Lipinski definition) is 1. The van der Waals surface area contributed by atoms with Gasteiger partial charge in [0.1, 0.15) is 12.3 Å². The average molecular weight is 399 g/mol. The van der Waals surface area contributed by atoms with Crippen molar-refractivity contribution in [2.24, 2.45) is 5.73 Å². The number of aromatic nitrogens is 1. The van der Waals surface area contributed by atoms with E-state index in [0.29, 0.717) is 19.0 Å². The molecule has 2 aromatic carbocycles. The van der Waals surface area contributed by atoms with Gasteiger partial charge in [-0.1, -0.05) is 54.6 Å². The quantitative estimate of drug-likeness (QED) is 0.704. The van der Waals surface area contributed by atoms with E-state index < -0.39 is 0 Å². The molecule has 5 heteroatoms. The van der Waals surface area contributed by atoms with E-state index in [0.717, 1.165) is 40.9 Å². The average Bonchev–Trinajstić information content (AvgIpc) is 2.76. The van der Waals surface area contributed by atoms with Gasteiger partial charge < -0.3 is 15.4 Å². The lowest BCUT2D eigenvalue weighted by atomic mass is 9.72. The van der Waals surface area contributed by atoms with E-state index >= 15 is 0 Å². The van der Waals surface area contributed by atoms with Crippen LogP contribution in [-0.2, 0) is 10.3 Å². The summed E-state index contributed by atoms with van der Waals surface area (Å²) in [7, 11) is 0. The number of fused-ring (bicyclic) bond motifs is 1. The summed E-state index contributed by atoms with van der Waals surface area (Å²) in [6.45, 7) is 2.55. The second-order valence-corrected chi connectivity index (χ2v) is 8.18. The number of nitrogens with two attached hydrogens (primary N) is 1. The summed E-state index contributed by atoms with van der Waals surface area (Å²) in [5.74, 6) is 0.496. The normalized spacial score (nSPS) is 16.9. The highest BCUT2D eigenvalue weighted by molar-refractivity contribution is 5.95. The Labute approximate surface area is 176 Å². The first-order valence-electron chi connectivity index (χ1n) is 10.5. The zero-order valence-corrected chi connectivity index (χ0v) is 17.1. The molecule has 2 N–H and O–H groups in total. The molecule has 2 heterocycles. The Morgan fingerprint density at radius 2 is 1.80 bits per heavy atom. The first kappa shape index (κ1) is 18.8. The number of benzene rings is 2. The number of anilines is 1. The van der Waals surface area contributed by atoms with Crippen LogP contribution in [0.1, 0.15) is 31.7 Å². The summed E-state index contributed by atoms with van der Waals surface area (Å²) in [6.07, 6.45) is 3.26. The molecule has 1 amide bonds. The van der Waals surface area contributed by atoms with Crippen molar-refractivity contribution in [2.45, 2.75) is 31.7 Å². The second-order valence-electron chi connectivity index (χ2n) is 8.18. The molecule has 5 rings (SSSR count). The van der Waals surface area contributed by atoms with E-state index in [2.05, 4.69) is 36.4 Å². The predicted molar refractivity (Wildman–Crippen MR) is 118 cm³/mol. The van der Waals surface area contributed by atoms with E-state index in [1.807, 2.05) is 24.3 Å². The molecule has 3 aromatic rings. The van der Waals surface area contributed by atoms with Crippen molar-refractivity contribution in [1.82, 2.24) is 4.98 Å². The molecule has 5 nitrogen and oxygen atoms in total. The topological polar surface area (TPSA) is 68.5 Å². The molecular weight excluding hydrogens is 374 g/mol. The molecular formula is C25H25N3O2. The van der Waals surface area contributed by atoms with Crippen LogP contribution >= 0.6 is 0 Å². The second kappa shape index (κ2) is 7.26. The van der Waals surface area contributed by atoms with Crippen molar-refractivity contribution in [3.05, 3.63) is 66.2 Å². The molecule has 1 saturated carbocycles. The number of hydrogen-bond acceptors (Lipinski definition) is 4. The number of amides is 1. The largest absolute Gasteiger partial charge is 0.474 e. The minimum absolute atomic E-state index is 0.00814. The predicted octanol–water partition coefficient (Wildman–Crippen LogP) is 4.50. The van der Waals surface area contributed by atoms with Gasteiger partial charge in [-0.25, -0.2) is 4.98 Å². The van der Waals surface area contributed by atoms with Gasteiger partial charge in [0.05, 0.1) is 12.2 Å². The highest BCUT2D eigenvalue weighted by atomic mass is 16.5. The fourth-order valence-corrected chi connectivity index (χ4v) is 4.33. The SMILES string of the molecule is CC(=O)N1CCOc2nc(-c3ccc(C4(N)CCC4)cc3)c(-c3ccccc3)cc21. The summed E-state index contributed by atoms with van der Waals surface area (Å²) in [6, 6.07) is 20.6. The van der Waals surface area contributed by atoms with Crippen LogP contribution in [0.5, 0.6) is 5.88 Å². The van der Waals surface area contributed by atoms with Crippen LogP contribution in [0.25, 0.3) is 22.4 Å². The van der Waals surface area contributed by atoms with Crippen LogP contribution in [0.4, 0.5) is 5.69 Å². The van der Waals surface area contributed by atoms with Crippen molar-refractivity contribution in [3.63, 3.8) is 0 Å². The molecule has 1 aliphatic heterocycles. The Hall–Kier alpha value is -3.18. The zero-order chi connectivity index (χ0) is 20.7. The minimum atomic E-state index is -0.185. The first-order valence-corrected chi connectivity index (χ1v) is 10.5. The number of rotatable bonds is 3. The van der Waals surface area contributed by atoms with Gasteiger partial charge in [-0.15, -0.1) is 0 Å². The molecule has 0 saturated heterocycles. The number of pyridine rings is 1. The molecule has 0 unspecified atom stereocenters. The highest BCUT2D eigenvalue weighted by Gasteiger charge is 2.34. The Balaban J connectivity index is 1.64. The van der Waals surface area contributed by atoms with Crippen molar-refractivity contribution in [1.29, 1.82) is 0 Å². The Kier molecular flexibility index (Phi) is 4.55.